The fourth-order valence-electron chi connectivity index (χ4n) is 4.45. The van der Waals surface area contributed by atoms with Crippen molar-refractivity contribution in [1.82, 2.24) is 4.57 Å². The maximum Gasteiger partial charge on any atom is 0.256 e. The van der Waals surface area contributed by atoms with Crippen LogP contribution in [0.4, 0.5) is 0 Å². The molecule has 168 valence electrons. The van der Waals surface area contributed by atoms with Crippen molar-refractivity contribution in [3.63, 3.8) is 0 Å². The predicted molar refractivity (Wildman–Crippen MR) is 130 cm³/mol. The number of hydrogen-bond acceptors (Lipinski definition) is 0. The number of aryl methyl sites for hydroxylation is 1. The molecule has 0 atom stereocenters. The van der Waals surface area contributed by atoms with Crippen molar-refractivity contribution in [2.75, 3.05) is 0 Å². The molecule has 0 bridgehead atoms. The summed E-state index contributed by atoms with van der Waals surface area (Å²) in [5.74, 6) is 1.45. The molecule has 1 aromatic carbocycles. The lowest BCUT2D eigenvalue weighted by Crippen LogP contribution is -2.32. The Morgan fingerprint density at radius 2 is 1.17 bits per heavy atom. The average molecular weight is 412 g/mol. The quantitative estimate of drug-likeness (QED) is 0.175. The Balaban J connectivity index is 1.45. The van der Waals surface area contributed by atoms with Gasteiger partial charge in [-0.05, 0) is 12.0 Å². The number of aromatic nitrogens is 2. The lowest BCUT2D eigenvalue weighted by Gasteiger charge is -2.05. The van der Waals surface area contributed by atoms with Gasteiger partial charge in [0.2, 0.25) is 0 Å². The molecule has 2 heteroatoms. The first-order valence-electron chi connectivity index (χ1n) is 12.9. The third kappa shape index (κ3) is 10.5. The lowest BCUT2D eigenvalue weighted by atomic mass is 10.0. The fraction of sp³-hybridized carbons (Fsp3) is 0.679. The van der Waals surface area contributed by atoms with Gasteiger partial charge >= 0.3 is 0 Å². The van der Waals surface area contributed by atoms with E-state index >= 15 is 0 Å². The highest BCUT2D eigenvalue weighted by Crippen LogP contribution is 2.14. The number of benzene rings is 1. The summed E-state index contributed by atoms with van der Waals surface area (Å²) in [6.07, 6.45) is 27.0. The van der Waals surface area contributed by atoms with E-state index in [1.807, 2.05) is 0 Å². The molecule has 0 unspecified atom stereocenters. The Bertz CT molecular complexity index is 644. The van der Waals surface area contributed by atoms with Gasteiger partial charge in [-0.2, -0.15) is 0 Å². The van der Waals surface area contributed by atoms with Crippen molar-refractivity contribution in [2.45, 2.75) is 116 Å². The van der Waals surface area contributed by atoms with Crippen LogP contribution in [0.25, 0.3) is 0 Å². The highest BCUT2D eigenvalue weighted by atomic mass is 15.1. The Labute approximate surface area is 186 Å². The molecule has 2 rings (SSSR count). The van der Waals surface area contributed by atoms with E-state index in [4.69, 9.17) is 0 Å². The van der Waals surface area contributed by atoms with Gasteiger partial charge in [-0.1, -0.05) is 127 Å². The Kier molecular flexibility index (Phi) is 13.3. The monoisotopic (exact) mass is 411 g/mol. The van der Waals surface area contributed by atoms with Gasteiger partial charge in [0.05, 0.1) is 7.05 Å². The van der Waals surface area contributed by atoms with Crippen LogP contribution in [0.1, 0.15) is 115 Å². The summed E-state index contributed by atoms with van der Waals surface area (Å²) < 4.78 is 4.71. The zero-order valence-electron chi connectivity index (χ0n) is 20.0. The molecule has 0 fully saturated rings. The first-order valence-corrected chi connectivity index (χ1v) is 12.9. The molecule has 0 aliphatic heterocycles. The van der Waals surface area contributed by atoms with Gasteiger partial charge in [0.15, 0.2) is 0 Å². The van der Waals surface area contributed by atoms with E-state index in [0.29, 0.717) is 0 Å². The van der Waals surface area contributed by atoms with Crippen molar-refractivity contribution in [1.29, 1.82) is 0 Å². The fourth-order valence-corrected chi connectivity index (χ4v) is 4.45. The molecule has 0 saturated heterocycles. The SMILES string of the molecule is CCCCCCCCCCCCCCCCCc1n(Cc2ccccc2)cc[n+]1C. The van der Waals surface area contributed by atoms with Gasteiger partial charge in [0.1, 0.15) is 18.9 Å². The molecule has 1 aromatic heterocycles. The molecule has 2 aromatic rings. The van der Waals surface area contributed by atoms with Crippen molar-refractivity contribution in [2.24, 2.45) is 7.05 Å². The molecular weight excluding hydrogens is 364 g/mol. The van der Waals surface area contributed by atoms with Crippen molar-refractivity contribution in [3.8, 4) is 0 Å². The normalized spacial score (nSPS) is 11.3. The van der Waals surface area contributed by atoms with Crippen LogP contribution >= 0.6 is 0 Å². The van der Waals surface area contributed by atoms with Gasteiger partial charge in [-0.3, -0.25) is 0 Å². The first kappa shape index (κ1) is 24.7. The largest absolute Gasteiger partial charge is 0.256 e. The maximum absolute atomic E-state index is 2.42. The van der Waals surface area contributed by atoms with Crippen molar-refractivity contribution >= 4 is 0 Å². The average Bonchev–Trinajstić information content (AvgIpc) is 3.11. The molecule has 0 aliphatic rings. The summed E-state index contributed by atoms with van der Waals surface area (Å²) in [4.78, 5) is 0. The number of unbranched alkanes of at least 4 members (excludes halogenated alkanes) is 14. The minimum absolute atomic E-state index is 0.982. The highest BCUT2D eigenvalue weighted by molar-refractivity contribution is 5.15. The van der Waals surface area contributed by atoms with E-state index in [-0.39, 0.29) is 0 Å². The second-order valence-corrected chi connectivity index (χ2v) is 9.14. The summed E-state index contributed by atoms with van der Waals surface area (Å²) in [5, 5.41) is 0. The first-order chi connectivity index (χ1) is 14.8. The molecule has 30 heavy (non-hydrogen) atoms. The van der Waals surface area contributed by atoms with Crippen molar-refractivity contribution in [3.05, 3.63) is 54.1 Å². The van der Waals surface area contributed by atoms with Crippen LogP contribution in [-0.4, -0.2) is 4.57 Å². The minimum atomic E-state index is 0.982. The lowest BCUT2D eigenvalue weighted by molar-refractivity contribution is -0.678. The van der Waals surface area contributed by atoms with E-state index in [9.17, 15) is 0 Å². The summed E-state index contributed by atoms with van der Waals surface area (Å²) in [5.41, 5.74) is 1.38. The zero-order valence-corrected chi connectivity index (χ0v) is 20.0. The van der Waals surface area contributed by atoms with Crippen LogP contribution in [0.3, 0.4) is 0 Å². The van der Waals surface area contributed by atoms with Crippen LogP contribution in [0.2, 0.25) is 0 Å². The predicted octanol–water partition coefficient (Wildman–Crippen LogP) is 7.77. The Hall–Kier alpha value is -1.57. The van der Waals surface area contributed by atoms with Crippen LogP contribution < -0.4 is 4.57 Å². The Morgan fingerprint density at radius 3 is 1.70 bits per heavy atom. The number of imidazole rings is 1. The standard InChI is InChI=1S/C28H47N2/c1-3-4-5-6-7-8-9-10-11-12-13-14-15-16-20-23-28-29(2)24-25-30(28)26-27-21-18-17-19-22-27/h17-19,21-22,24-25H,3-16,20,23,26H2,1-2H3/q+1. The molecule has 0 N–H and O–H groups in total. The maximum atomic E-state index is 2.42. The number of rotatable bonds is 18. The summed E-state index contributed by atoms with van der Waals surface area (Å²) in [7, 11) is 2.18. The van der Waals surface area contributed by atoms with Gasteiger partial charge in [-0.25, -0.2) is 9.13 Å². The topological polar surface area (TPSA) is 8.81 Å². The molecule has 0 saturated carbocycles. The Morgan fingerprint density at radius 1 is 0.667 bits per heavy atom. The number of nitrogens with zero attached hydrogens (tertiary/aromatic N) is 2. The second-order valence-electron chi connectivity index (χ2n) is 9.14. The van der Waals surface area contributed by atoms with Gasteiger partial charge < -0.3 is 0 Å². The van der Waals surface area contributed by atoms with Gasteiger partial charge in [0, 0.05) is 6.42 Å². The third-order valence-electron chi connectivity index (χ3n) is 6.41. The van der Waals surface area contributed by atoms with Crippen LogP contribution in [-0.2, 0) is 20.0 Å². The summed E-state index contributed by atoms with van der Waals surface area (Å²) in [6.45, 7) is 3.28. The minimum Gasteiger partial charge on any atom is -0.237 e. The van der Waals surface area contributed by atoms with E-state index in [0.717, 1.165) is 6.54 Å². The van der Waals surface area contributed by atoms with Crippen molar-refractivity contribution < 1.29 is 4.57 Å². The number of hydrogen-bond donors (Lipinski definition) is 0. The smallest absolute Gasteiger partial charge is 0.237 e. The summed E-state index contributed by atoms with van der Waals surface area (Å²) in [6, 6.07) is 10.8. The van der Waals surface area contributed by atoms with E-state index in [1.54, 1.807) is 0 Å². The molecule has 0 aliphatic carbocycles. The molecule has 1 heterocycles. The molecular formula is C28H47N2+. The van der Waals surface area contributed by atoms with Gasteiger partial charge in [-0.15, -0.1) is 0 Å². The summed E-state index contributed by atoms with van der Waals surface area (Å²) >= 11 is 0. The van der Waals surface area contributed by atoms with Crippen LogP contribution in [0.5, 0.6) is 0 Å². The second kappa shape index (κ2) is 16.2. The zero-order chi connectivity index (χ0) is 21.3. The molecule has 2 nitrogen and oxygen atoms in total. The third-order valence-corrected chi connectivity index (χ3v) is 6.41. The van der Waals surface area contributed by atoms with E-state index in [1.165, 1.54) is 114 Å². The molecule has 0 spiro atoms. The molecule has 0 radical (unpaired) electrons. The van der Waals surface area contributed by atoms with E-state index < -0.39 is 0 Å². The van der Waals surface area contributed by atoms with Crippen LogP contribution in [0.15, 0.2) is 42.7 Å². The van der Waals surface area contributed by atoms with Gasteiger partial charge in [0.25, 0.3) is 5.82 Å². The van der Waals surface area contributed by atoms with E-state index in [2.05, 4.69) is 65.8 Å². The molecule has 0 amide bonds. The van der Waals surface area contributed by atoms with Crippen LogP contribution in [0, 0.1) is 0 Å². The highest BCUT2D eigenvalue weighted by Gasteiger charge is 2.14.